The number of hydrogen-bond acceptors (Lipinski definition) is 6. The van der Waals surface area contributed by atoms with Gasteiger partial charge in [-0.15, -0.1) is 5.10 Å². The van der Waals surface area contributed by atoms with E-state index >= 15 is 0 Å². The number of nitrogens with one attached hydrogen (secondary N) is 1. The molecule has 0 aliphatic carbocycles. The van der Waals surface area contributed by atoms with Crippen molar-refractivity contribution in [1.29, 1.82) is 0 Å². The summed E-state index contributed by atoms with van der Waals surface area (Å²) in [5, 5.41) is 29.7. The lowest BCUT2D eigenvalue weighted by Gasteiger charge is -2.11. The summed E-state index contributed by atoms with van der Waals surface area (Å²) in [4.78, 5) is 3.98. The van der Waals surface area contributed by atoms with Gasteiger partial charge < -0.3 is 5.11 Å². The maximum atomic E-state index is 12.4. The minimum Gasteiger partial charge on any atom is -0.858 e. The van der Waals surface area contributed by atoms with Gasteiger partial charge in [-0.1, -0.05) is 22.8 Å². The van der Waals surface area contributed by atoms with Gasteiger partial charge in [0.25, 0.3) is 5.95 Å². The zero-order chi connectivity index (χ0) is 14.8. The third kappa shape index (κ3) is 2.50. The van der Waals surface area contributed by atoms with Crippen LogP contribution in [0.2, 0.25) is 0 Å². The molecule has 0 unspecified atom stereocenters. The van der Waals surface area contributed by atoms with Gasteiger partial charge in [-0.2, -0.15) is 10.3 Å². The predicted octanol–water partition coefficient (Wildman–Crippen LogP) is 0.826. The van der Waals surface area contributed by atoms with Crippen molar-refractivity contribution in [2.45, 2.75) is 13.8 Å². The molecule has 21 heavy (non-hydrogen) atoms. The van der Waals surface area contributed by atoms with Crippen molar-refractivity contribution in [2.24, 2.45) is 4.99 Å². The Balaban J connectivity index is 1.98. The van der Waals surface area contributed by atoms with E-state index in [0.717, 1.165) is 5.56 Å². The fraction of sp³-hybridized carbons (Fsp3) is 0.154. The molecule has 8 heteroatoms. The maximum Gasteiger partial charge on any atom is 0.288 e. The molecule has 3 rings (SSSR count). The average molecular weight is 282 g/mol. The summed E-state index contributed by atoms with van der Waals surface area (Å²) in [6.07, 6.45) is 1.40. The van der Waals surface area contributed by atoms with Crippen LogP contribution < -0.4 is 5.11 Å². The van der Waals surface area contributed by atoms with Gasteiger partial charge >= 0.3 is 0 Å². The highest BCUT2D eigenvalue weighted by atomic mass is 16.3. The lowest BCUT2D eigenvalue weighted by molar-refractivity contribution is -0.277. The third-order valence-electron chi connectivity index (χ3n) is 2.98. The third-order valence-corrected chi connectivity index (χ3v) is 2.98. The highest BCUT2D eigenvalue weighted by molar-refractivity contribution is 5.85. The highest BCUT2D eigenvalue weighted by Crippen LogP contribution is 2.21. The van der Waals surface area contributed by atoms with Crippen molar-refractivity contribution < 1.29 is 5.11 Å². The summed E-state index contributed by atoms with van der Waals surface area (Å²) in [6.45, 7) is 3.74. The van der Waals surface area contributed by atoms with Crippen LogP contribution in [-0.2, 0) is 0 Å². The van der Waals surface area contributed by atoms with E-state index in [-0.39, 0.29) is 11.8 Å². The molecular formula is C13H12N7O-. The number of rotatable bonds is 3. The Bertz CT molecular complexity index is 772. The van der Waals surface area contributed by atoms with Crippen molar-refractivity contribution in [3.05, 3.63) is 41.1 Å². The van der Waals surface area contributed by atoms with E-state index in [1.54, 1.807) is 6.92 Å². The molecule has 0 aliphatic heterocycles. The van der Waals surface area contributed by atoms with Gasteiger partial charge in [-0.25, -0.2) is 9.67 Å². The minimum absolute atomic E-state index is 0.164. The van der Waals surface area contributed by atoms with E-state index in [0.29, 0.717) is 16.9 Å². The largest absolute Gasteiger partial charge is 0.858 e. The van der Waals surface area contributed by atoms with Gasteiger partial charge in [0.15, 0.2) is 0 Å². The first-order valence-corrected chi connectivity index (χ1v) is 6.26. The average Bonchev–Trinajstić information content (AvgIpc) is 3.07. The molecule has 0 aliphatic rings. The zero-order valence-corrected chi connectivity index (χ0v) is 11.5. The zero-order valence-electron chi connectivity index (χ0n) is 11.5. The molecule has 0 radical (unpaired) electrons. The van der Waals surface area contributed by atoms with Crippen molar-refractivity contribution in [1.82, 2.24) is 30.4 Å². The molecule has 8 nitrogen and oxygen atoms in total. The van der Waals surface area contributed by atoms with Crippen LogP contribution in [0.5, 0.6) is 5.88 Å². The SMILES string of the molecule is Cc1ccc(-n2nc(C)c(C=Nc3nn[nH]n3)c2[O-])cc1. The van der Waals surface area contributed by atoms with Crippen molar-refractivity contribution in [2.75, 3.05) is 0 Å². The lowest BCUT2D eigenvalue weighted by atomic mass is 10.2. The van der Waals surface area contributed by atoms with Crippen LogP contribution in [0.4, 0.5) is 5.95 Å². The summed E-state index contributed by atoms with van der Waals surface area (Å²) in [5.74, 6) is -0.0690. The number of hydrogen-bond donors (Lipinski definition) is 1. The Morgan fingerprint density at radius 1 is 1.24 bits per heavy atom. The van der Waals surface area contributed by atoms with Gasteiger partial charge in [-0.3, -0.25) is 0 Å². The van der Waals surface area contributed by atoms with Crippen LogP contribution in [0, 0.1) is 13.8 Å². The summed E-state index contributed by atoms with van der Waals surface area (Å²) >= 11 is 0. The molecule has 1 aromatic carbocycles. The monoisotopic (exact) mass is 282 g/mol. The first-order chi connectivity index (χ1) is 10.1. The Labute approximate surface area is 120 Å². The summed E-state index contributed by atoms with van der Waals surface area (Å²) < 4.78 is 1.35. The fourth-order valence-corrected chi connectivity index (χ4v) is 1.86. The van der Waals surface area contributed by atoms with Gasteiger partial charge in [0.1, 0.15) is 0 Å². The predicted molar refractivity (Wildman–Crippen MR) is 73.9 cm³/mol. The molecule has 0 saturated heterocycles. The number of aryl methyl sites for hydroxylation is 2. The fourth-order valence-electron chi connectivity index (χ4n) is 1.86. The molecule has 0 bridgehead atoms. The molecule has 106 valence electrons. The highest BCUT2D eigenvalue weighted by Gasteiger charge is 2.08. The Hall–Kier alpha value is -3.03. The minimum atomic E-state index is -0.233. The van der Waals surface area contributed by atoms with Gasteiger partial charge in [0.2, 0.25) is 0 Å². The maximum absolute atomic E-state index is 12.4. The summed E-state index contributed by atoms with van der Waals surface area (Å²) in [7, 11) is 0. The normalized spacial score (nSPS) is 11.3. The Morgan fingerprint density at radius 3 is 2.67 bits per heavy atom. The first kappa shape index (κ1) is 13.0. The van der Waals surface area contributed by atoms with Crippen LogP contribution in [0.25, 0.3) is 5.69 Å². The molecule has 0 spiro atoms. The number of aromatic amines is 1. The standard InChI is InChI=1S/C13H13N7O/c1-8-3-5-10(6-4-8)20-12(21)11(9(2)17-20)7-14-13-15-18-19-16-13/h3-7,21H,1-2H3,(H,15,16,18,19)/p-1. The number of benzene rings is 1. The quantitative estimate of drug-likeness (QED) is 0.716. The topological polar surface area (TPSA) is 108 Å². The van der Waals surface area contributed by atoms with Crippen molar-refractivity contribution >= 4 is 12.2 Å². The van der Waals surface area contributed by atoms with Crippen LogP contribution in [0.15, 0.2) is 29.3 Å². The second-order valence-electron chi connectivity index (χ2n) is 4.52. The number of tetrazole rings is 1. The van der Waals surface area contributed by atoms with E-state index in [9.17, 15) is 5.11 Å². The summed E-state index contributed by atoms with van der Waals surface area (Å²) in [5.41, 5.74) is 2.83. The van der Waals surface area contributed by atoms with E-state index in [1.807, 2.05) is 31.2 Å². The van der Waals surface area contributed by atoms with Crippen LogP contribution in [0.3, 0.4) is 0 Å². The lowest BCUT2D eigenvalue weighted by Crippen LogP contribution is -2.04. The summed E-state index contributed by atoms with van der Waals surface area (Å²) in [6, 6.07) is 7.56. The smallest absolute Gasteiger partial charge is 0.288 e. The second-order valence-corrected chi connectivity index (χ2v) is 4.52. The molecule has 0 fully saturated rings. The second kappa shape index (κ2) is 5.16. The molecule has 0 atom stereocenters. The molecule has 1 N–H and O–H groups in total. The molecule has 0 amide bonds. The van der Waals surface area contributed by atoms with Gasteiger partial charge in [-0.05, 0) is 31.2 Å². The van der Waals surface area contributed by atoms with Crippen molar-refractivity contribution in [3.8, 4) is 11.6 Å². The molecule has 2 aromatic heterocycles. The molecule has 0 saturated carbocycles. The number of aromatic nitrogens is 6. The van der Waals surface area contributed by atoms with Crippen LogP contribution in [-0.4, -0.2) is 36.6 Å². The number of aliphatic imine (C=N–C) groups is 1. The van der Waals surface area contributed by atoms with E-state index in [2.05, 4.69) is 30.7 Å². The van der Waals surface area contributed by atoms with Crippen molar-refractivity contribution in [3.63, 3.8) is 0 Å². The van der Waals surface area contributed by atoms with E-state index in [1.165, 1.54) is 10.9 Å². The van der Waals surface area contributed by atoms with E-state index in [4.69, 9.17) is 0 Å². The Kier molecular flexibility index (Phi) is 3.19. The Morgan fingerprint density at radius 2 is 2.00 bits per heavy atom. The molecule has 3 aromatic rings. The molecular weight excluding hydrogens is 270 g/mol. The van der Waals surface area contributed by atoms with Crippen LogP contribution in [0.1, 0.15) is 16.8 Å². The molecule has 2 heterocycles. The van der Waals surface area contributed by atoms with E-state index < -0.39 is 0 Å². The number of nitrogens with zero attached hydrogens (tertiary/aromatic N) is 6. The van der Waals surface area contributed by atoms with Gasteiger partial charge in [0, 0.05) is 17.7 Å². The van der Waals surface area contributed by atoms with Gasteiger partial charge in [0.05, 0.1) is 11.4 Å². The number of H-pyrrole nitrogens is 1. The van der Waals surface area contributed by atoms with Crippen LogP contribution >= 0.6 is 0 Å². The first-order valence-electron chi connectivity index (χ1n) is 6.26.